The number of thiazole rings is 1. The van der Waals surface area contributed by atoms with Crippen LogP contribution in [0, 0.1) is 6.92 Å². The monoisotopic (exact) mass is 282 g/mol. The van der Waals surface area contributed by atoms with Crippen molar-refractivity contribution in [1.29, 1.82) is 0 Å². The third-order valence-corrected chi connectivity index (χ3v) is 4.18. The fraction of sp³-hybridized carbons (Fsp3) is 0.333. The largest absolute Gasteiger partial charge is 0.461 e. The van der Waals surface area contributed by atoms with Crippen molar-refractivity contribution in [3.8, 4) is 0 Å². The van der Waals surface area contributed by atoms with Crippen LogP contribution in [0.5, 0.6) is 0 Å². The smallest absolute Gasteiger partial charge is 0.357 e. The maximum Gasteiger partial charge on any atom is 0.357 e. The Morgan fingerprint density at radius 2 is 2.33 bits per heavy atom. The molecule has 2 aromatic rings. The van der Waals surface area contributed by atoms with Crippen LogP contribution < -0.4 is 5.32 Å². The summed E-state index contributed by atoms with van der Waals surface area (Å²) in [5, 5.41) is 7.73. The second-order valence-electron chi connectivity index (χ2n) is 3.64. The molecule has 0 unspecified atom stereocenters. The second-order valence-corrected chi connectivity index (χ2v) is 5.50. The number of aryl methyl sites for hydroxylation is 1. The minimum atomic E-state index is -0.367. The van der Waals surface area contributed by atoms with Crippen molar-refractivity contribution in [2.24, 2.45) is 0 Å². The van der Waals surface area contributed by atoms with Gasteiger partial charge in [0.15, 0.2) is 10.8 Å². The van der Waals surface area contributed by atoms with E-state index >= 15 is 0 Å². The van der Waals surface area contributed by atoms with Gasteiger partial charge in [-0.3, -0.25) is 0 Å². The van der Waals surface area contributed by atoms with E-state index < -0.39 is 0 Å². The van der Waals surface area contributed by atoms with Gasteiger partial charge in [-0.2, -0.15) is 0 Å². The minimum Gasteiger partial charge on any atom is -0.461 e. The molecule has 0 aromatic carbocycles. The molecule has 0 amide bonds. The number of ether oxygens (including phenoxy) is 1. The van der Waals surface area contributed by atoms with Crippen molar-refractivity contribution in [2.45, 2.75) is 20.4 Å². The summed E-state index contributed by atoms with van der Waals surface area (Å²) in [5.74, 6) is -0.367. The standard InChI is InChI=1S/C12H14N2O2S2/c1-3-16-11(15)9-7-18-12(14-9)13-6-10-8(2)4-5-17-10/h4-5,7H,3,6H2,1-2H3,(H,13,14). The molecule has 0 fully saturated rings. The quantitative estimate of drug-likeness (QED) is 0.855. The Kier molecular flexibility index (Phi) is 4.33. The first kappa shape index (κ1) is 13.0. The average molecular weight is 282 g/mol. The zero-order chi connectivity index (χ0) is 13.0. The Morgan fingerprint density at radius 3 is 3.00 bits per heavy atom. The van der Waals surface area contributed by atoms with Gasteiger partial charge in [-0.15, -0.1) is 22.7 Å². The number of esters is 1. The topological polar surface area (TPSA) is 51.2 Å². The maximum absolute atomic E-state index is 11.4. The molecular weight excluding hydrogens is 268 g/mol. The number of nitrogens with one attached hydrogen (secondary N) is 1. The molecule has 0 bridgehead atoms. The molecule has 6 heteroatoms. The highest BCUT2D eigenvalue weighted by Crippen LogP contribution is 2.20. The molecule has 1 N–H and O–H groups in total. The predicted octanol–water partition coefficient (Wildman–Crippen LogP) is 3.30. The van der Waals surface area contributed by atoms with E-state index in [1.807, 2.05) is 0 Å². The van der Waals surface area contributed by atoms with E-state index in [2.05, 4.69) is 28.7 Å². The van der Waals surface area contributed by atoms with Gasteiger partial charge in [0.25, 0.3) is 0 Å². The van der Waals surface area contributed by atoms with Gasteiger partial charge in [-0.05, 0) is 30.9 Å². The first-order valence-corrected chi connectivity index (χ1v) is 7.36. The summed E-state index contributed by atoms with van der Waals surface area (Å²) in [4.78, 5) is 16.9. The van der Waals surface area contributed by atoms with Crippen molar-refractivity contribution in [3.63, 3.8) is 0 Å². The van der Waals surface area contributed by atoms with Gasteiger partial charge in [0.05, 0.1) is 13.2 Å². The van der Waals surface area contributed by atoms with Crippen LogP contribution in [0.15, 0.2) is 16.8 Å². The summed E-state index contributed by atoms with van der Waals surface area (Å²) in [7, 11) is 0. The molecule has 2 heterocycles. The molecule has 2 aromatic heterocycles. The molecule has 0 spiro atoms. The predicted molar refractivity (Wildman–Crippen MR) is 74.5 cm³/mol. The van der Waals surface area contributed by atoms with Crippen LogP contribution in [0.3, 0.4) is 0 Å². The Morgan fingerprint density at radius 1 is 1.50 bits per heavy atom. The molecule has 0 aliphatic heterocycles. The van der Waals surface area contributed by atoms with E-state index in [0.717, 1.165) is 11.7 Å². The van der Waals surface area contributed by atoms with Gasteiger partial charge in [0.2, 0.25) is 0 Å². The fourth-order valence-corrected chi connectivity index (χ4v) is 2.92. The molecular formula is C12H14N2O2S2. The molecule has 4 nitrogen and oxygen atoms in total. The van der Waals surface area contributed by atoms with Gasteiger partial charge >= 0.3 is 5.97 Å². The summed E-state index contributed by atoms with van der Waals surface area (Å²) < 4.78 is 4.89. The molecule has 0 aliphatic carbocycles. The van der Waals surface area contributed by atoms with Gasteiger partial charge in [-0.1, -0.05) is 0 Å². The van der Waals surface area contributed by atoms with E-state index in [1.165, 1.54) is 21.8 Å². The Bertz CT molecular complexity index is 534. The van der Waals surface area contributed by atoms with Crippen LogP contribution in [-0.2, 0) is 11.3 Å². The van der Waals surface area contributed by atoms with Crippen LogP contribution in [0.25, 0.3) is 0 Å². The molecule has 0 saturated carbocycles. The molecule has 0 aliphatic rings. The normalized spacial score (nSPS) is 10.3. The SMILES string of the molecule is CCOC(=O)c1csc(NCc2sccc2C)n1. The van der Waals surface area contributed by atoms with Crippen LogP contribution in [0.2, 0.25) is 0 Å². The lowest BCUT2D eigenvalue weighted by molar-refractivity contribution is 0.0520. The van der Waals surface area contributed by atoms with Crippen LogP contribution in [0.1, 0.15) is 27.9 Å². The summed E-state index contributed by atoms with van der Waals surface area (Å²) in [5.41, 5.74) is 1.64. The van der Waals surface area contributed by atoms with E-state index in [9.17, 15) is 4.79 Å². The molecule has 0 atom stereocenters. The number of carbonyl (C=O) groups is 1. The molecule has 18 heavy (non-hydrogen) atoms. The number of carbonyl (C=O) groups excluding carboxylic acids is 1. The van der Waals surface area contributed by atoms with E-state index in [4.69, 9.17) is 4.74 Å². The van der Waals surface area contributed by atoms with Crippen LogP contribution >= 0.6 is 22.7 Å². The summed E-state index contributed by atoms with van der Waals surface area (Å²) in [6.45, 7) is 4.97. The molecule has 0 saturated heterocycles. The number of aromatic nitrogens is 1. The number of hydrogen-bond acceptors (Lipinski definition) is 6. The summed E-state index contributed by atoms with van der Waals surface area (Å²) in [6, 6.07) is 2.09. The highest BCUT2D eigenvalue weighted by atomic mass is 32.1. The third-order valence-electron chi connectivity index (χ3n) is 2.36. The van der Waals surface area contributed by atoms with E-state index in [0.29, 0.717) is 12.3 Å². The van der Waals surface area contributed by atoms with Crippen molar-refractivity contribution in [2.75, 3.05) is 11.9 Å². The van der Waals surface area contributed by atoms with Crippen molar-refractivity contribution >= 4 is 33.8 Å². The van der Waals surface area contributed by atoms with Crippen LogP contribution in [0.4, 0.5) is 5.13 Å². The second kappa shape index (κ2) is 5.97. The highest BCUT2D eigenvalue weighted by molar-refractivity contribution is 7.14. The zero-order valence-electron chi connectivity index (χ0n) is 10.2. The first-order chi connectivity index (χ1) is 8.70. The Balaban J connectivity index is 1.95. The summed E-state index contributed by atoms with van der Waals surface area (Å²) in [6.07, 6.45) is 0. The number of anilines is 1. The number of rotatable bonds is 5. The molecule has 2 rings (SSSR count). The lowest BCUT2D eigenvalue weighted by Crippen LogP contribution is -2.05. The van der Waals surface area contributed by atoms with Gasteiger partial charge in [0.1, 0.15) is 0 Å². The van der Waals surface area contributed by atoms with Crippen LogP contribution in [-0.4, -0.2) is 17.6 Å². The van der Waals surface area contributed by atoms with E-state index in [-0.39, 0.29) is 5.97 Å². The average Bonchev–Trinajstić information content (AvgIpc) is 2.96. The lowest BCUT2D eigenvalue weighted by atomic mass is 10.3. The fourth-order valence-electron chi connectivity index (χ4n) is 1.39. The minimum absolute atomic E-state index is 0.367. The molecule has 0 radical (unpaired) electrons. The van der Waals surface area contributed by atoms with Crippen molar-refractivity contribution < 1.29 is 9.53 Å². The van der Waals surface area contributed by atoms with Gasteiger partial charge in [0, 0.05) is 10.3 Å². The van der Waals surface area contributed by atoms with Crippen molar-refractivity contribution in [3.05, 3.63) is 33.0 Å². The number of nitrogens with zero attached hydrogens (tertiary/aromatic N) is 1. The first-order valence-electron chi connectivity index (χ1n) is 5.60. The Hall–Kier alpha value is -1.40. The van der Waals surface area contributed by atoms with Gasteiger partial charge < -0.3 is 10.1 Å². The maximum atomic E-state index is 11.4. The Labute approximate surface area is 114 Å². The third kappa shape index (κ3) is 3.08. The summed E-state index contributed by atoms with van der Waals surface area (Å²) >= 11 is 3.13. The zero-order valence-corrected chi connectivity index (χ0v) is 11.9. The highest BCUT2D eigenvalue weighted by Gasteiger charge is 2.11. The van der Waals surface area contributed by atoms with Crippen molar-refractivity contribution in [1.82, 2.24) is 4.98 Å². The van der Waals surface area contributed by atoms with Gasteiger partial charge in [-0.25, -0.2) is 9.78 Å². The molecule has 96 valence electrons. The lowest BCUT2D eigenvalue weighted by Gasteiger charge is -2.01. The number of thiophene rings is 1. The van der Waals surface area contributed by atoms with E-state index in [1.54, 1.807) is 23.6 Å². The number of hydrogen-bond donors (Lipinski definition) is 1.